The van der Waals surface area contributed by atoms with E-state index in [9.17, 15) is 24.9 Å². The predicted octanol–water partition coefficient (Wildman–Crippen LogP) is 8.38. The van der Waals surface area contributed by atoms with Crippen molar-refractivity contribution in [2.24, 2.45) is 11.8 Å². The van der Waals surface area contributed by atoms with Crippen LogP contribution in [-0.2, 0) is 36.1 Å². The second-order valence-corrected chi connectivity index (χ2v) is 14.7. The van der Waals surface area contributed by atoms with Crippen LogP contribution in [0.1, 0.15) is 221 Å². The predicted molar refractivity (Wildman–Crippen MR) is 199 cm³/mol. The number of rotatable bonds is 31. The molecule has 0 rings (SSSR count). The van der Waals surface area contributed by atoms with E-state index in [1.54, 1.807) is 13.8 Å². The second-order valence-electron chi connectivity index (χ2n) is 14.7. The Kier molecular flexibility index (Phi) is 58.1. The molecule has 0 spiro atoms. The maximum absolute atomic E-state index is 10.2. The van der Waals surface area contributed by atoms with Crippen LogP contribution < -0.4 is 20.4 Å². The molecule has 294 valence electrons. The van der Waals surface area contributed by atoms with Crippen LogP contribution >= 0.6 is 0 Å². The normalized spacial score (nSPS) is 10.3. The number of carboxylic acid groups (broad SMARTS) is 3. The molecule has 0 aliphatic rings. The minimum absolute atomic E-state index is 0. The third-order valence-electron chi connectivity index (χ3n) is 7.99. The van der Waals surface area contributed by atoms with Gasteiger partial charge in [-0.1, -0.05) is 202 Å². The quantitative estimate of drug-likeness (QED) is 0.0394. The largest absolute Gasteiger partial charge is 4.00 e. The Morgan fingerprint density at radius 2 is 0.600 bits per heavy atom. The molecule has 0 heterocycles. The third kappa shape index (κ3) is 81.1. The Morgan fingerprint density at radius 1 is 0.440 bits per heavy atom. The van der Waals surface area contributed by atoms with E-state index >= 15 is 0 Å². The van der Waals surface area contributed by atoms with Crippen molar-refractivity contribution in [1.29, 1.82) is 0 Å². The zero-order valence-corrected chi connectivity index (χ0v) is 35.2. The molecular weight excluding hydrogens is 664 g/mol. The molecule has 0 radical (unpaired) electrons. The molecule has 0 N–H and O–H groups in total. The van der Waals surface area contributed by atoms with E-state index in [-0.39, 0.29) is 34.6 Å². The summed E-state index contributed by atoms with van der Waals surface area (Å²) in [6.45, 7) is 15.3. The number of carbonyl (C=O) groups excluding carboxylic acids is 3. The van der Waals surface area contributed by atoms with Crippen molar-refractivity contribution in [2.75, 3.05) is 0 Å². The van der Waals surface area contributed by atoms with E-state index in [0.29, 0.717) is 0 Å². The topological polar surface area (TPSA) is 143 Å². The zero-order valence-electron chi connectivity index (χ0n) is 33.7. The Bertz CT molecular complexity index is 647. The van der Waals surface area contributed by atoms with Gasteiger partial charge in [0, 0.05) is 11.9 Å². The van der Waals surface area contributed by atoms with Gasteiger partial charge in [-0.15, -0.1) is 6.10 Å². The Hall–Kier alpha value is -1.18. The van der Waals surface area contributed by atoms with Crippen molar-refractivity contribution < 1.29 is 56.5 Å². The molecule has 0 unspecified atom stereocenters. The summed E-state index contributed by atoms with van der Waals surface area (Å²) in [4.78, 5) is 29.6. The van der Waals surface area contributed by atoms with Crippen LogP contribution in [0, 0.1) is 11.8 Å². The van der Waals surface area contributed by atoms with Gasteiger partial charge < -0.3 is 34.8 Å². The van der Waals surface area contributed by atoms with Gasteiger partial charge in [0.05, 0.1) is 5.97 Å². The van der Waals surface area contributed by atoms with Gasteiger partial charge in [0.15, 0.2) is 0 Å². The molecule has 0 aromatic heterocycles. The van der Waals surface area contributed by atoms with Crippen LogP contribution in [0.15, 0.2) is 12.7 Å². The number of carboxylic acids is 3. The second kappa shape index (κ2) is 49.9. The molecule has 0 amide bonds. The van der Waals surface area contributed by atoms with Gasteiger partial charge in [-0.3, -0.25) is 0 Å². The summed E-state index contributed by atoms with van der Waals surface area (Å²) >= 11 is 0. The van der Waals surface area contributed by atoms with E-state index in [0.717, 1.165) is 43.6 Å². The van der Waals surface area contributed by atoms with Gasteiger partial charge in [-0.25, -0.2) is 0 Å². The standard InChI is InChI=1S/2C18H36O2.C3H4O2.C3H7O.Ti/c2*1-17(2)15-13-11-9-7-5-3-4-6-8-10-12-14-16-18(19)20;1-2-3(4)5;1-3(2)4;/h2*17H,3-16H2,1-2H3,(H,19,20);2H,1H2,(H,4,5);3H,1-2H3;/q;;;-1;+4/p-3. The average Bonchev–Trinajstić information content (AvgIpc) is 3.01. The third-order valence-corrected chi connectivity index (χ3v) is 7.99. The summed E-state index contributed by atoms with van der Waals surface area (Å²) < 4.78 is 0. The zero-order chi connectivity index (χ0) is 38.0. The SMILES string of the molecule is C=CC(=O)[O-].CC(C)CCCCCCCCCCCCCCC(=O)[O-].CC(C)CCCCCCCCCCCCCCC(=O)[O-].CC(C)[O-].[Ti+4]. The molecule has 0 bridgehead atoms. The minimum atomic E-state index is -1.23. The first-order valence-corrected chi connectivity index (χ1v) is 20.1. The summed E-state index contributed by atoms with van der Waals surface area (Å²) in [7, 11) is 0. The van der Waals surface area contributed by atoms with E-state index in [2.05, 4.69) is 34.3 Å². The Labute approximate surface area is 325 Å². The molecule has 50 heavy (non-hydrogen) atoms. The summed E-state index contributed by atoms with van der Waals surface area (Å²) in [5.74, 6) is -1.31. The van der Waals surface area contributed by atoms with E-state index in [1.165, 1.54) is 141 Å². The molecule has 0 aliphatic heterocycles. The fourth-order valence-electron chi connectivity index (χ4n) is 5.18. The molecule has 8 heteroatoms. The van der Waals surface area contributed by atoms with Gasteiger partial charge in [0.1, 0.15) is 0 Å². The Balaban J connectivity index is -0.000000213. The van der Waals surface area contributed by atoms with Crippen molar-refractivity contribution in [2.45, 2.75) is 227 Å². The van der Waals surface area contributed by atoms with Gasteiger partial charge in [-0.05, 0) is 43.6 Å². The van der Waals surface area contributed by atoms with Crippen molar-refractivity contribution in [3.63, 3.8) is 0 Å². The van der Waals surface area contributed by atoms with Crippen molar-refractivity contribution in [3.05, 3.63) is 12.7 Å². The number of carbonyl (C=O) groups is 3. The molecule has 0 fully saturated rings. The summed E-state index contributed by atoms with van der Waals surface area (Å²) in [6, 6.07) is 0. The van der Waals surface area contributed by atoms with Gasteiger partial charge in [-0.2, -0.15) is 0 Å². The first-order valence-electron chi connectivity index (χ1n) is 20.1. The van der Waals surface area contributed by atoms with Crippen LogP contribution in [0.4, 0.5) is 0 Å². The fourth-order valence-corrected chi connectivity index (χ4v) is 5.18. The molecule has 0 aromatic rings. The fraction of sp³-hybridized carbons (Fsp3) is 0.881. The monoisotopic (exact) mass is 745 g/mol. The van der Waals surface area contributed by atoms with E-state index < -0.39 is 24.0 Å². The van der Waals surface area contributed by atoms with E-state index in [4.69, 9.17) is 9.90 Å². The number of hydrogen-bond acceptors (Lipinski definition) is 7. The van der Waals surface area contributed by atoms with Gasteiger partial charge in [0.25, 0.3) is 0 Å². The maximum atomic E-state index is 10.2. The molecule has 0 aromatic carbocycles. The van der Waals surface area contributed by atoms with Crippen LogP contribution in [0.25, 0.3) is 0 Å². The van der Waals surface area contributed by atoms with Crippen molar-refractivity contribution >= 4 is 17.9 Å². The Morgan fingerprint density at radius 3 is 0.740 bits per heavy atom. The summed E-state index contributed by atoms with van der Waals surface area (Å²) in [6.07, 6.45) is 34.3. The van der Waals surface area contributed by atoms with Crippen LogP contribution in [-0.4, -0.2) is 24.0 Å². The minimum Gasteiger partial charge on any atom is -0.852 e. The summed E-state index contributed by atoms with van der Waals surface area (Å²) in [5, 5.41) is 39.1. The van der Waals surface area contributed by atoms with Crippen LogP contribution in [0.3, 0.4) is 0 Å². The molecular formula is C42H80O7Ti. The van der Waals surface area contributed by atoms with Crippen molar-refractivity contribution in [3.8, 4) is 0 Å². The average molecular weight is 745 g/mol. The van der Waals surface area contributed by atoms with Crippen molar-refractivity contribution in [1.82, 2.24) is 0 Å². The molecule has 7 nitrogen and oxygen atoms in total. The van der Waals surface area contributed by atoms with Gasteiger partial charge >= 0.3 is 21.7 Å². The first kappa shape index (κ1) is 58.1. The molecule has 0 saturated heterocycles. The van der Waals surface area contributed by atoms with Crippen LogP contribution in [0.5, 0.6) is 0 Å². The summed E-state index contributed by atoms with van der Waals surface area (Å²) in [5.41, 5.74) is 0. The number of unbranched alkanes of at least 4 members (excludes halogenated alkanes) is 22. The molecule has 0 aliphatic carbocycles. The first-order chi connectivity index (χ1) is 23.3. The van der Waals surface area contributed by atoms with Crippen LogP contribution in [0.2, 0.25) is 0 Å². The molecule has 0 saturated carbocycles. The number of aliphatic carboxylic acids is 3. The number of hydrogen-bond donors (Lipinski definition) is 0. The van der Waals surface area contributed by atoms with E-state index in [1.807, 2.05) is 0 Å². The smallest absolute Gasteiger partial charge is 0.852 e. The maximum Gasteiger partial charge on any atom is 4.00 e. The molecule has 0 atom stereocenters. The van der Waals surface area contributed by atoms with Gasteiger partial charge in [0.2, 0.25) is 0 Å².